The molecule has 1 atom stereocenters. The third-order valence-corrected chi connectivity index (χ3v) is 4.22. The lowest BCUT2D eigenvalue weighted by molar-refractivity contribution is 0.0946. The van der Waals surface area contributed by atoms with Gasteiger partial charge in [-0.15, -0.1) is 0 Å². The van der Waals surface area contributed by atoms with E-state index in [-0.39, 0.29) is 5.91 Å². The van der Waals surface area contributed by atoms with Gasteiger partial charge in [-0.1, -0.05) is 42.5 Å². The van der Waals surface area contributed by atoms with Crippen LogP contribution in [0.5, 0.6) is 0 Å². The minimum Gasteiger partial charge on any atom is -0.352 e. The van der Waals surface area contributed by atoms with Crippen LogP contribution in [0.25, 0.3) is 6.08 Å². The molecule has 1 aliphatic rings. The Labute approximate surface area is 142 Å². The molecule has 1 fully saturated rings. The summed E-state index contributed by atoms with van der Waals surface area (Å²) in [5.74, 6) is 0.404. The second kappa shape index (κ2) is 8.36. The van der Waals surface area contributed by atoms with Crippen molar-refractivity contribution in [2.45, 2.75) is 6.42 Å². The summed E-state index contributed by atoms with van der Waals surface area (Å²) in [6.07, 6.45) is 9.98. The zero-order valence-corrected chi connectivity index (χ0v) is 13.6. The molecule has 1 saturated heterocycles. The Balaban J connectivity index is 1.39. The highest BCUT2D eigenvalue weighted by Gasteiger charge is 2.22. The molecule has 5 heteroatoms. The molecular weight excluding hydrogens is 300 g/mol. The van der Waals surface area contributed by atoms with Gasteiger partial charge in [-0.3, -0.25) is 9.69 Å². The molecule has 1 amide bonds. The normalized spacial score (nSPS) is 18.1. The molecule has 1 aromatic carbocycles. The number of nitrogens with one attached hydrogen (secondary N) is 1. The van der Waals surface area contributed by atoms with Crippen LogP contribution in [0.3, 0.4) is 0 Å². The van der Waals surface area contributed by atoms with Gasteiger partial charge in [0.2, 0.25) is 0 Å². The predicted molar refractivity (Wildman–Crippen MR) is 94.4 cm³/mol. The van der Waals surface area contributed by atoms with Crippen LogP contribution in [0.1, 0.15) is 22.3 Å². The Morgan fingerprint density at radius 2 is 2.04 bits per heavy atom. The van der Waals surface area contributed by atoms with Gasteiger partial charge in [0.1, 0.15) is 6.33 Å². The van der Waals surface area contributed by atoms with Gasteiger partial charge in [0.25, 0.3) is 5.91 Å². The number of hydrogen-bond donors (Lipinski definition) is 1. The summed E-state index contributed by atoms with van der Waals surface area (Å²) >= 11 is 0. The third kappa shape index (κ3) is 4.73. The number of carbonyl (C=O) groups excluding carboxylic acids is 1. The van der Waals surface area contributed by atoms with Gasteiger partial charge in [0.05, 0.1) is 5.56 Å². The molecule has 0 spiro atoms. The second-order valence-electron chi connectivity index (χ2n) is 6.06. The number of likely N-dealkylation sites (tertiary alicyclic amines) is 1. The van der Waals surface area contributed by atoms with E-state index in [1.807, 2.05) is 18.2 Å². The Hall–Kier alpha value is -2.53. The van der Waals surface area contributed by atoms with Gasteiger partial charge in [0, 0.05) is 32.0 Å². The second-order valence-corrected chi connectivity index (χ2v) is 6.06. The largest absolute Gasteiger partial charge is 0.352 e. The smallest absolute Gasteiger partial charge is 0.254 e. The highest BCUT2D eigenvalue weighted by molar-refractivity contribution is 5.93. The first-order valence-corrected chi connectivity index (χ1v) is 8.28. The van der Waals surface area contributed by atoms with Gasteiger partial charge in [0.15, 0.2) is 0 Å². The molecule has 0 bridgehead atoms. The van der Waals surface area contributed by atoms with E-state index in [0.717, 1.165) is 26.1 Å². The average molecular weight is 322 g/mol. The quantitative estimate of drug-likeness (QED) is 0.886. The van der Waals surface area contributed by atoms with Crippen molar-refractivity contribution in [2.75, 3.05) is 26.2 Å². The van der Waals surface area contributed by atoms with Crippen molar-refractivity contribution in [1.82, 2.24) is 20.2 Å². The summed E-state index contributed by atoms with van der Waals surface area (Å²) in [6, 6.07) is 10.3. The van der Waals surface area contributed by atoms with Crippen molar-refractivity contribution >= 4 is 12.0 Å². The van der Waals surface area contributed by atoms with Crippen LogP contribution < -0.4 is 5.32 Å². The van der Waals surface area contributed by atoms with Gasteiger partial charge in [-0.25, -0.2) is 9.97 Å². The minimum absolute atomic E-state index is 0.0991. The van der Waals surface area contributed by atoms with E-state index >= 15 is 0 Å². The molecule has 24 heavy (non-hydrogen) atoms. The molecular formula is C19H22N4O. The predicted octanol–water partition coefficient (Wildman–Crippen LogP) is 2.24. The maximum Gasteiger partial charge on any atom is 0.254 e. The summed E-state index contributed by atoms with van der Waals surface area (Å²) in [6.45, 7) is 3.75. The first-order valence-electron chi connectivity index (χ1n) is 8.28. The number of aromatic nitrogens is 2. The van der Waals surface area contributed by atoms with Crippen molar-refractivity contribution in [1.29, 1.82) is 0 Å². The molecule has 0 saturated carbocycles. The van der Waals surface area contributed by atoms with E-state index < -0.39 is 0 Å². The number of rotatable bonds is 6. The molecule has 0 aliphatic carbocycles. The van der Waals surface area contributed by atoms with Crippen LogP contribution in [-0.4, -0.2) is 47.0 Å². The van der Waals surface area contributed by atoms with E-state index in [0.29, 0.717) is 18.0 Å². The summed E-state index contributed by atoms with van der Waals surface area (Å²) in [4.78, 5) is 22.2. The SMILES string of the molecule is O=C(NC[C@@H]1CCN(C/C=C/c2ccccc2)C1)c1cncnc1. The first-order chi connectivity index (χ1) is 11.8. The van der Waals surface area contributed by atoms with Crippen molar-refractivity contribution in [3.05, 3.63) is 66.3 Å². The van der Waals surface area contributed by atoms with Gasteiger partial charge < -0.3 is 5.32 Å². The molecule has 124 valence electrons. The fourth-order valence-electron chi connectivity index (χ4n) is 2.90. The van der Waals surface area contributed by atoms with E-state index in [1.54, 1.807) is 0 Å². The molecule has 5 nitrogen and oxygen atoms in total. The van der Waals surface area contributed by atoms with Gasteiger partial charge >= 0.3 is 0 Å². The molecule has 2 heterocycles. The van der Waals surface area contributed by atoms with Crippen molar-refractivity contribution in [3.63, 3.8) is 0 Å². The fraction of sp³-hybridized carbons (Fsp3) is 0.316. The summed E-state index contributed by atoms with van der Waals surface area (Å²) in [5, 5.41) is 2.98. The van der Waals surface area contributed by atoms with Crippen LogP contribution in [0.2, 0.25) is 0 Å². The standard InChI is InChI=1S/C19H22N4O/c24-19(18-12-20-15-21-13-18)22-11-17-8-10-23(14-17)9-4-7-16-5-2-1-3-6-16/h1-7,12-13,15,17H,8-11,14H2,(H,22,24)/b7-4+/t17-/m0/s1. The zero-order valence-electron chi connectivity index (χ0n) is 13.6. The monoisotopic (exact) mass is 322 g/mol. The number of nitrogens with zero attached hydrogens (tertiary/aromatic N) is 3. The summed E-state index contributed by atoms with van der Waals surface area (Å²) in [5.41, 5.74) is 1.74. The number of carbonyl (C=O) groups is 1. The maximum atomic E-state index is 12.0. The molecule has 3 rings (SSSR count). The average Bonchev–Trinajstić information content (AvgIpc) is 3.09. The third-order valence-electron chi connectivity index (χ3n) is 4.22. The van der Waals surface area contributed by atoms with E-state index in [9.17, 15) is 4.79 Å². The van der Waals surface area contributed by atoms with Crippen molar-refractivity contribution in [3.8, 4) is 0 Å². The van der Waals surface area contributed by atoms with Crippen molar-refractivity contribution < 1.29 is 4.79 Å². The van der Waals surface area contributed by atoms with Crippen LogP contribution in [0, 0.1) is 5.92 Å². The Bertz CT molecular complexity index is 672. The minimum atomic E-state index is -0.0991. The lowest BCUT2D eigenvalue weighted by Crippen LogP contribution is -2.31. The van der Waals surface area contributed by atoms with Crippen LogP contribution >= 0.6 is 0 Å². The molecule has 1 N–H and O–H groups in total. The Kier molecular flexibility index (Phi) is 5.69. The van der Waals surface area contributed by atoms with Gasteiger partial charge in [-0.05, 0) is 24.4 Å². The van der Waals surface area contributed by atoms with Crippen molar-refractivity contribution in [2.24, 2.45) is 5.92 Å². The number of amides is 1. The van der Waals surface area contributed by atoms with Crippen LogP contribution in [0.4, 0.5) is 0 Å². The molecule has 0 radical (unpaired) electrons. The lowest BCUT2D eigenvalue weighted by Gasteiger charge is -2.14. The summed E-state index contributed by atoms with van der Waals surface area (Å²) in [7, 11) is 0. The number of hydrogen-bond acceptors (Lipinski definition) is 4. The first kappa shape index (κ1) is 16.3. The van der Waals surface area contributed by atoms with Gasteiger partial charge in [-0.2, -0.15) is 0 Å². The van der Waals surface area contributed by atoms with E-state index in [4.69, 9.17) is 0 Å². The molecule has 0 unspecified atom stereocenters. The Morgan fingerprint density at radius 3 is 2.83 bits per heavy atom. The highest BCUT2D eigenvalue weighted by atomic mass is 16.1. The summed E-state index contributed by atoms with van der Waals surface area (Å²) < 4.78 is 0. The van der Waals surface area contributed by atoms with E-state index in [2.05, 4.69) is 44.5 Å². The fourth-order valence-corrected chi connectivity index (χ4v) is 2.90. The van der Waals surface area contributed by atoms with E-state index in [1.165, 1.54) is 24.3 Å². The molecule has 1 aromatic heterocycles. The Morgan fingerprint density at radius 1 is 1.25 bits per heavy atom. The highest BCUT2D eigenvalue weighted by Crippen LogP contribution is 2.15. The molecule has 1 aliphatic heterocycles. The number of benzene rings is 1. The molecule has 2 aromatic rings. The van der Waals surface area contributed by atoms with Crippen LogP contribution in [0.15, 0.2) is 55.1 Å². The van der Waals surface area contributed by atoms with Crippen LogP contribution in [-0.2, 0) is 0 Å². The zero-order chi connectivity index (χ0) is 16.6. The maximum absolute atomic E-state index is 12.0. The lowest BCUT2D eigenvalue weighted by atomic mass is 10.1. The topological polar surface area (TPSA) is 58.1 Å².